The van der Waals surface area contributed by atoms with Gasteiger partial charge in [0.15, 0.2) is 0 Å². The Morgan fingerprint density at radius 3 is 1.75 bits per heavy atom. The molecule has 0 nitrogen and oxygen atoms in total. The van der Waals surface area contributed by atoms with Gasteiger partial charge in [-0.05, 0) is 0 Å². The average Bonchev–Trinajstić information content (AvgIpc) is 0.918. The van der Waals surface area contributed by atoms with E-state index < -0.39 is 19.0 Å². The first-order chi connectivity index (χ1) is 1.41. The summed E-state index contributed by atoms with van der Waals surface area (Å²) >= 11 is 1.63. The molecule has 0 bridgehead atoms. The molecule has 0 aromatic heterocycles. The fraction of sp³-hybridized carbons (Fsp3) is 1.00. The van der Waals surface area contributed by atoms with E-state index in [2.05, 4.69) is 17.7 Å². The summed E-state index contributed by atoms with van der Waals surface area (Å²) in [5, 5.41) is 0. The van der Waals surface area contributed by atoms with Gasteiger partial charge < -0.3 is 0 Å². The van der Waals surface area contributed by atoms with Crippen molar-refractivity contribution < 1.29 is 19.0 Å². The zero-order valence-corrected chi connectivity index (χ0v) is 9.87. The molecular formula is CH4ClHgI. The molecule has 24 valence electrons. The molecule has 0 saturated heterocycles. The van der Waals surface area contributed by atoms with Crippen LogP contribution < -0.4 is 0 Å². The molecule has 0 N–H and O–H groups in total. The quantitative estimate of drug-likeness (QED) is 0.448. The number of hydrogen-bond donors (Lipinski definition) is 0. The van der Waals surface area contributed by atoms with Gasteiger partial charge in [0, 0.05) is 0 Å². The van der Waals surface area contributed by atoms with Gasteiger partial charge in [-0.25, -0.2) is 0 Å². The predicted molar refractivity (Wildman–Crippen MR) is 26.6 cm³/mol. The molecule has 0 unspecified atom stereocenters. The average molecular weight is 379 g/mol. The summed E-state index contributed by atoms with van der Waals surface area (Å²) in [4.78, 5) is 0. The molecule has 0 spiro atoms. The zero-order valence-electron chi connectivity index (χ0n) is 1.46. The minimum atomic E-state index is -0.641. The fourth-order valence-electron chi connectivity index (χ4n) is 0. The van der Waals surface area contributed by atoms with Crippen molar-refractivity contribution in [2.24, 2.45) is 0 Å². The van der Waals surface area contributed by atoms with E-state index in [0.29, 0.717) is 0 Å². The Balaban J connectivity index is 0. The first kappa shape index (κ1) is 9.35. The summed E-state index contributed by atoms with van der Waals surface area (Å²) in [7, 11) is 5.21. The van der Waals surface area contributed by atoms with E-state index in [-0.39, 0.29) is 7.43 Å². The molecule has 0 aromatic carbocycles. The van der Waals surface area contributed by atoms with E-state index in [1.54, 1.807) is 0 Å². The van der Waals surface area contributed by atoms with Gasteiger partial charge in [0.05, 0.1) is 0 Å². The molecule has 0 aliphatic rings. The third-order valence-corrected chi connectivity index (χ3v) is 0. The van der Waals surface area contributed by atoms with Crippen LogP contribution in [0.1, 0.15) is 7.43 Å². The Hall–Kier alpha value is 1.96. The van der Waals surface area contributed by atoms with Crippen LogP contribution >= 0.6 is 25.9 Å². The second-order valence-electron chi connectivity index (χ2n) is 0.101. The molecule has 0 heterocycles. The Kier molecular flexibility index (Phi) is 20.7. The molecule has 0 saturated carbocycles. The molecule has 3 heteroatoms. The summed E-state index contributed by atoms with van der Waals surface area (Å²) in [5.41, 5.74) is 0. The van der Waals surface area contributed by atoms with Gasteiger partial charge in [-0.1, -0.05) is 7.43 Å². The number of hydrogen-bond acceptors (Lipinski definition) is 0. The van der Waals surface area contributed by atoms with Gasteiger partial charge in [-0.3, -0.25) is 0 Å². The van der Waals surface area contributed by atoms with Crippen LogP contribution in [0.15, 0.2) is 0 Å². The van der Waals surface area contributed by atoms with Gasteiger partial charge in [0.2, 0.25) is 0 Å². The normalized spacial score (nSPS) is 2.50. The molecule has 0 rings (SSSR count). The first-order valence-electron chi connectivity index (χ1n) is 0.535. The molecular weight excluding hydrogens is 375 g/mol. The molecule has 0 aliphatic heterocycles. The summed E-state index contributed by atoms with van der Waals surface area (Å²) in [6, 6.07) is 0. The van der Waals surface area contributed by atoms with Gasteiger partial charge in [-0.15, -0.1) is 0 Å². The van der Waals surface area contributed by atoms with Crippen molar-refractivity contribution in [2.45, 2.75) is 7.43 Å². The summed E-state index contributed by atoms with van der Waals surface area (Å²) < 4.78 is 0. The van der Waals surface area contributed by atoms with E-state index in [1.165, 1.54) is 0 Å². The van der Waals surface area contributed by atoms with Crippen molar-refractivity contribution >= 4 is 25.9 Å². The van der Waals surface area contributed by atoms with Crippen LogP contribution in [-0.4, -0.2) is 0 Å². The molecule has 4 heavy (non-hydrogen) atoms. The van der Waals surface area contributed by atoms with Crippen LogP contribution in [0.2, 0.25) is 0 Å². The maximum absolute atomic E-state index is 5.21. The molecule has 0 atom stereocenters. The van der Waals surface area contributed by atoms with Crippen LogP contribution in [0.4, 0.5) is 0 Å². The van der Waals surface area contributed by atoms with Crippen molar-refractivity contribution in [2.75, 3.05) is 0 Å². The van der Waals surface area contributed by atoms with Gasteiger partial charge in [-0.2, -0.15) is 0 Å². The Bertz CT molecular complexity index is 8.00. The van der Waals surface area contributed by atoms with E-state index >= 15 is 0 Å². The monoisotopic (exact) mass is 380 g/mol. The SMILES string of the molecule is C.[Cl][Hg][I]. The molecule has 0 radical (unpaired) electrons. The second kappa shape index (κ2) is 8.88. The standard InChI is InChI=1S/CH4.ClH.Hg.HI/h1H4;1H;;1H/q;;+2;/p-2. The fourth-order valence-corrected chi connectivity index (χ4v) is 0. The van der Waals surface area contributed by atoms with Crippen molar-refractivity contribution in [3.63, 3.8) is 0 Å². The summed E-state index contributed by atoms with van der Waals surface area (Å²) in [6.07, 6.45) is 0. The molecule has 0 amide bonds. The summed E-state index contributed by atoms with van der Waals surface area (Å²) in [5.74, 6) is 0. The van der Waals surface area contributed by atoms with E-state index in [0.717, 1.165) is 0 Å². The third kappa shape index (κ3) is 9.04. The van der Waals surface area contributed by atoms with E-state index in [9.17, 15) is 0 Å². The van der Waals surface area contributed by atoms with Gasteiger partial charge in [0.25, 0.3) is 0 Å². The predicted octanol–water partition coefficient (Wildman–Crippen LogP) is 2.21. The molecule has 0 aromatic rings. The van der Waals surface area contributed by atoms with Crippen LogP contribution in [0, 0.1) is 0 Å². The van der Waals surface area contributed by atoms with Crippen LogP contribution in [-0.2, 0) is 19.0 Å². The molecule has 0 aliphatic carbocycles. The van der Waals surface area contributed by atoms with Crippen LogP contribution in [0.5, 0.6) is 0 Å². The zero-order chi connectivity index (χ0) is 2.71. The van der Waals surface area contributed by atoms with Crippen molar-refractivity contribution in [3.05, 3.63) is 0 Å². The van der Waals surface area contributed by atoms with E-state index in [1.807, 2.05) is 0 Å². The number of rotatable bonds is 0. The van der Waals surface area contributed by atoms with Crippen molar-refractivity contribution in [1.29, 1.82) is 0 Å². The summed E-state index contributed by atoms with van der Waals surface area (Å²) in [6.45, 7) is 0. The third-order valence-electron chi connectivity index (χ3n) is 0. The Morgan fingerprint density at radius 1 is 1.75 bits per heavy atom. The second-order valence-corrected chi connectivity index (χ2v) is 17.8. The van der Waals surface area contributed by atoms with E-state index in [4.69, 9.17) is 8.25 Å². The number of halogens is 2. The Morgan fingerprint density at radius 2 is 1.75 bits per heavy atom. The minimum absolute atomic E-state index is 0. The van der Waals surface area contributed by atoms with Crippen molar-refractivity contribution in [1.82, 2.24) is 0 Å². The molecule has 0 fully saturated rings. The van der Waals surface area contributed by atoms with Crippen LogP contribution in [0.25, 0.3) is 0 Å². The Labute approximate surface area is 51.5 Å². The maximum atomic E-state index is 5.21. The topological polar surface area (TPSA) is 0 Å². The van der Waals surface area contributed by atoms with Crippen molar-refractivity contribution in [3.8, 4) is 0 Å². The van der Waals surface area contributed by atoms with Gasteiger partial charge >= 0.3 is 44.9 Å². The van der Waals surface area contributed by atoms with Gasteiger partial charge in [0.1, 0.15) is 0 Å². The van der Waals surface area contributed by atoms with Crippen LogP contribution in [0.3, 0.4) is 0 Å². The first-order valence-corrected chi connectivity index (χ1v) is 22.8.